The summed E-state index contributed by atoms with van der Waals surface area (Å²) in [7, 11) is 0. The van der Waals surface area contributed by atoms with Gasteiger partial charge in [0.05, 0.1) is 0 Å². The third-order valence-corrected chi connectivity index (χ3v) is 4.31. The lowest BCUT2D eigenvalue weighted by atomic mass is 9.86. The summed E-state index contributed by atoms with van der Waals surface area (Å²) in [4.78, 5) is 27.0. The quantitative estimate of drug-likeness (QED) is 0.816. The van der Waals surface area contributed by atoms with Crippen LogP contribution in [0.5, 0.6) is 0 Å². The summed E-state index contributed by atoms with van der Waals surface area (Å²) >= 11 is 0. The summed E-state index contributed by atoms with van der Waals surface area (Å²) in [6, 6.07) is 0. The maximum atomic E-state index is 12.2. The topological polar surface area (TPSA) is 60.9 Å². The molecule has 0 unspecified atom stereocenters. The number of piperazine rings is 1. The zero-order valence-corrected chi connectivity index (χ0v) is 11.5. The Bertz CT molecular complexity index is 319. The van der Waals surface area contributed by atoms with Crippen molar-refractivity contribution in [3.63, 3.8) is 0 Å². The van der Waals surface area contributed by atoms with E-state index in [9.17, 15) is 9.59 Å². The SMILES string of the molecule is O=C(CO)N1CCN(C(=O)CC2CCCCC2)CC1. The molecule has 0 radical (unpaired) electrons. The van der Waals surface area contributed by atoms with Gasteiger partial charge in [0.15, 0.2) is 0 Å². The first kappa shape index (κ1) is 14.3. The molecule has 108 valence electrons. The van der Waals surface area contributed by atoms with Crippen molar-refractivity contribution in [1.29, 1.82) is 0 Å². The first-order valence-electron chi connectivity index (χ1n) is 7.37. The Morgan fingerprint density at radius 3 is 1.95 bits per heavy atom. The van der Waals surface area contributed by atoms with Crippen molar-refractivity contribution < 1.29 is 14.7 Å². The fraction of sp³-hybridized carbons (Fsp3) is 0.857. The van der Waals surface area contributed by atoms with Crippen molar-refractivity contribution in [3.8, 4) is 0 Å². The third-order valence-electron chi connectivity index (χ3n) is 4.31. The van der Waals surface area contributed by atoms with Gasteiger partial charge in [-0.25, -0.2) is 0 Å². The molecule has 1 N–H and O–H groups in total. The molecule has 2 aliphatic rings. The predicted molar refractivity (Wildman–Crippen MR) is 71.4 cm³/mol. The smallest absolute Gasteiger partial charge is 0.248 e. The van der Waals surface area contributed by atoms with Crippen molar-refractivity contribution >= 4 is 11.8 Å². The Labute approximate surface area is 114 Å². The number of amides is 2. The van der Waals surface area contributed by atoms with Gasteiger partial charge in [0, 0.05) is 32.6 Å². The van der Waals surface area contributed by atoms with Crippen LogP contribution in [-0.2, 0) is 9.59 Å². The van der Waals surface area contributed by atoms with E-state index >= 15 is 0 Å². The lowest BCUT2D eigenvalue weighted by molar-refractivity contribution is -0.141. The summed E-state index contributed by atoms with van der Waals surface area (Å²) in [5.74, 6) is 0.570. The van der Waals surface area contributed by atoms with E-state index in [1.165, 1.54) is 32.1 Å². The highest BCUT2D eigenvalue weighted by atomic mass is 16.3. The Morgan fingerprint density at radius 1 is 0.895 bits per heavy atom. The average Bonchev–Trinajstić information content (AvgIpc) is 2.47. The molecule has 1 saturated heterocycles. The Morgan fingerprint density at radius 2 is 1.42 bits per heavy atom. The first-order valence-corrected chi connectivity index (χ1v) is 7.37. The molecular weight excluding hydrogens is 244 g/mol. The molecule has 5 heteroatoms. The van der Waals surface area contributed by atoms with E-state index in [1.54, 1.807) is 4.90 Å². The van der Waals surface area contributed by atoms with E-state index in [1.807, 2.05) is 4.90 Å². The van der Waals surface area contributed by atoms with Crippen LogP contribution in [0, 0.1) is 5.92 Å². The number of aliphatic hydroxyl groups excluding tert-OH is 1. The summed E-state index contributed by atoms with van der Waals surface area (Å²) in [6.45, 7) is 1.89. The van der Waals surface area contributed by atoms with Crippen LogP contribution >= 0.6 is 0 Å². The molecule has 0 aromatic heterocycles. The molecular formula is C14H24N2O3. The van der Waals surface area contributed by atoms with Gasteiger partial charge in [-0.1, -0.05) is 19.3 Å². The number of carbonyl (C=O) groups is 2. The maximum absolute atomic E-state index is 12.2. The lowest BCUT2D eigenvalue weighted by Gasteiger charge is -2.35. The number of aliphatic hydroxyl groups is 1. The van der Waals surface area contributed by atoms with Crippen LogP contribution in [-0.4, -0.2) is 59.5 Å². The van der Waals surface area contributed by atoms with Gasteiger partial charge in [0.2, 0.25) is 11.8 Å². The van der Waals surface area contributed by atoms with Crippen LogP contribution in [0.25, 0.3) is 0 Å². The highest BCUT2D eigenvalue weighted by Gasteiger charge is 2.25. The fourth-order valence-corrected chi connectivity index (χ4v) is 3.07. The molecule has 1 heterocycles. The molecule has 0 spiro atoms. The Hall–Kier alpha value is -1.10. The van der Waals surface area contributed by atoms with Crippen LogP contribution in [0.4, 0.5) is 0 Å². The van der Waals surface area contributed by atoms with Crippen molar-refractivity contribution in [2.45, 2.75) is 38.5 Å². The van der Waals surface area contributed by atoms with Crippen molar-refractivity contribution in [3.05, 3.63) is 0 Å². The van der Waals surface area contributed by atoms with Crippen molar-refractivity contribution in [2.24, 2.45) is 5.92 Å². The maximum Gasteiger partial charge on any atom is 0.248 e. The zero-order chi connectivity index (χ0) is 13.7. The monoisotopic (exact) mass is 268 g/mol. The van der Waals surface area contributed by atoms with Crippen LogP contribution in [0.15, 0.2) is 0 Å². The highest BCUT2D eigenvalue weighted by Crippen LogP contribution is 2.26. The molecule has 2 rings (SSSR count). The lowest BCUT2D eigenvalue weighted by Crippen LogP contribution is -2.51. The van der Waals surface area contributed by atoms with Crippen molar-refractivity contribution in [1.82, 2.24) is 9.80 Å². The molecule has 0 atom stereocenters. The van der Waals surface area contributed by atoms with Gasteiger partial charge >= 0.3 is 0 Å². The molecule has 5 nitrogen and oxygen atoms in total. The third kappa shape index (κ3) is 3.93. The van der Waals surface area contributed by atoms with Crippen LogP contribution < -0.4 is 0 Å². The second-order valence-electron chi connectivity index (χ2n) is 5.63. The molecule has 0 aromatic rings. The number of carbonyl (C=O) groups excluding carboxylic acids is 2. The van der Waals surface area contributed by atoms with Gasteiger partial charge in [-0.05, 0) is 18.8 Å². The molecule has 1 aliphatic carbocycles. The largest absolute Gasteiger partial charge is 0.387 e. The van der Waals surface area contributed by atoms with Crippen molar-refractivity contribution in [2.75, 3.05) is 32.8 Å². The summed E-state index contributed by atoms with van der Waals surface area (Å²) in [5, 5.41) is 8.81. The highest BCUT2D eigenvalue weighted by molar-refractivity contribution is 5.79. The second-order valence-corrected chi connectivity index (χ2v) is 5.63. The molecule has 1 aliphatic heterocycles. The van der Waals surface area contributed by atoms with E-state index in [2.05, 4.69) is 0 Å². The second kappa shape index (κ2) is 6.89. The Kier molecular flexibility index (Phi) is 5.19. The van der Waals surface area contributed by atoms with Crippen LogP contribution in [0.3, 0.4) is 0 Å². The minimum atomic E-state index is -0.435. The number of rotatable bonds is 3. The van der Waals surface area contributed by atoms with Gasteiger partial charge in [0.1, 0.15) is 6.61 Å². The number of hydrogen-bond acceptors (Lipinski definition) is 3. The van der Waals surface area contributed by atoms with Gasteiger partial charge in [-0.15, -0.1) is 0 Å². The molecule has 2 fully saturated rings. The number of hydrogen-bond donors (Lipinski definition) is 1. The standard InChI is InChI=1S/C14H24N2O3/c17-11-14(19)16-8-6-15(7-9-16)13(18)10-12-4-2-1-3-5-12/h12,17H,1-11H2. The van der Waals surface area contributed by atoms with Gasteiger partial charge in [-0.2, -0.15) is 0 Å². The van der Waals surface area contributed by atoms with Gasteiger partial charge in [-0.3, -0.25) is 9.59 Å². The van der Waals surface area contributed by atoms with E-state index in [-0.39, 0.29) is 11.8 Å². The minimum Gasteiger partial charge on any atom is -0.387 e. The van der Waals surface area contributed by atoms with Gasteiger partial charge in [0.25, 0.3) is 0 Å². The number of nitrogens with zero attached hydrogens (tertiary/aromatic N) is 2. The first-order chi connectivity index (χ1) is 9.20. The minimum absolute atomic E-state index is 0.237. The Balaban J connectivity index is 1.74. The van der Waals surface area contributed by atoms with Gasteiger partial charge < -0.3 is 14.9 Å². The van der Waals surface area contributed by atoms with E-state index in [0.717, 1.165) is 0 Å². The normalized spacial score (nSPS) is 21.5. The fourth-order valence-electron chi connectivity index (χ4n) is 3.07. The zero-order valence-electron chi connectivity index (χ0n) is 11.5. The molecule has 0 aromatic carbocycles. The van der Waals surface area contributed by atoms with E-state index in [4.69, 9.17) is 5.11 Å². The van der Waals surface area contributed by atoms with Crippen LogP contribution in [0.1, 0.15) is 38.5 Å². The summed E-state index contributed by atoms with van der Waals surface area (Å²) in [5.41, 5.74) is 0. The summed E-state index contributed by atoms with van der Waals surface area (Å²) < 4.78 is 0. The average molecular weight is 268 g/mol. The van der Waals surface area contributed by atoms with E-state index < -0.39 is 6.61 Å². The molecule has 2 amide bonds. The molecule has 0 bridgehead atoms. The summed E-state index contributed by atoms with van der Waals surface area (Å²) in [6.07, 6.45) is 6.89. The van der Waals surface area contributed by atoms with Crippen LogP contribution in [0.2, 0.25) is 0 Å². The van der Waals surface area contributed by atoms with E-state index in [0.29, 0.717) is 38.5 Å². The predicted octanol–water partition coefficient (Wildman–Crippen LogP) is 0.620. The molecule has 1 saturated carbocycles. The molecule has 19 heavy (non-hydrogen) atoms.